The highest BCUT2D eigenvalue weighted by molar-refractivity contribution is 5.29. The molecule has 0 saturated carbocycles. The number of hydrogen-bond donors (Lipinski definition) is 1. The van der Waals surface area contributed by atoms with E-state index in [-0.39, 0.29) is 6.04 Å². The summed E-state index contributed by atoms with van der Waals surface area (Å²) in [5, 5.41) is 3.35. The van der Waals surface area contributed by atoms with E-state index in [2.05, 4.69) is 33.9 Å². The zero-order valence-electron chi connectivity index (χ0n) is 12.0. The second kappa shape index (κ2) is 5.89. The summed E-state index contributed by atoms with van der Waals surface area (Å²) in [7, 11) is 3.66. The van der Waals surface area contributed by atoms with Crippen molar-refractivity contribution in [3.8, 4) is 5.75 Å². The molecule has 1 aromatic carbocycles. The summed E-state index contributed by atoms with van der Waals surface area (Å²) in [5.74, 6) is 0.883. The molecule has 4 nitrogen and oxygen atoms in total. The van der Waals surface area contributed by atoms with Gasteiger partial charge in [0, 0.05) is 18.3 Å². The number of methoxy groups -OCH3 is 1. The molecule has 0 saturated heterocycles. The van der Waals surface area contributed by atoms with Gasteiger partial charge < -0.3 is 14.6 Å². The lowest BCUT2D eigenvalue weighted by molar-refractivity contribution is 0.414. The number of nitrogens with one attached hydrogen (secondary N) is 1. The Kier molecular flexibility index (Phi) is 4.22. The first kappa shape index (κ1) is 13.6. The number of benzene rings is 1. The summed E-state index contributed by atoms with van der Waals surface area (Å²) in [4.78, 5) is 4.34. The van der Waals surface area contributed by atoms with E-state index in [1.807, 2.05) is 32.4 Å². The first-order chi connectivity index (χ1) is 9.15. The Morgan fingerprint density at radius 2 is 1.95 bits per heavy atom. The summed E-state index contributed by atoms with van der Waals surface area (Å²) in [5.41, 5.74) is 3.55. The summed E-state index contributed by atoms with van der Waals surface area (Å²) in [6, 6.07) is 8.44. The molecular formula is C15H21N3O. The van der Waals surface area contributed by atoms with Crippen molar-refractivity contribution >= 4 is 0 Å². The maximum Gasteiger partial charge on any atom is 0.118 e. The van der Waals surface area contributed by atoms with Crippen molar-refractivity contribution in [1.82, 2.24) is 14.9 Å². The Labute approximate surface area is 114 Å². The van der Waals surface area contributed by atoms with Crippen LogP contribution in [0.2, 0.25) is 0 Å². The average Bonchev–Trinajstić information content (AvgIpc) is 2.76. The topological polar surface area (TPSA) is 39.1 Å². The van der Waals surface area contributed by atoms with Crippen molar-refractivity contribution in [2.24, 2.45) is 0 Å². The van der Waals surface area contributed by atoms with Crippen molar-refractivity contribution in [2.45, 2.75) is 26.4 Å². The molecule has 2 aromatic rings. The smallest absolute Gasteiger partial charge is 0.118 e. The van der Waals surface area contributed by atoms with Gasteiger partial charge in [0.1, 0.15) is 5.75 Å². The Morgan fingerprint density at radius 1 is 1.26 bits per heavy atom. The van der Waals surface area contributed by atoms with Crippen LogP contribution < -0.4 is 10.1 Å². The number of hydrogen-bond acceptors (Lipinski definition) is 3. The number of aromatic nitrogens is 2. The predicted octanol–water partition coefficient (Wildman–Crippen LogP) is 2.47. The summed E-state index contributed by atoms with van der Waals surface area (Å²) < 4.78 is 7.37. The number of aryl methyl sites for hydroxylation is 1. The van der Waals surface area contributed by atoms with Crippen LogP contribution in [0.5, 0.6) is 5.75 Å². The minimum Gasteiger partial charge on any atom is -0.497 e. The molecule has 102 valence electrons. The van der Waals surface area contributed by atoms with E-state index < -0.39 is 0 Å². The van der Waals surface area contributed by atoms with Crippen molar-refractivity contribution in [1.29, 1.82) is 0 Å². The lowest BCUT2D eigenvalue weighted by atomic mass is 10.1. The molecule has 0 aliphatic carbocycles. The van der Waals surface area contributed by atoms with Crippen LogP contribution in [0.15, 0.2) is 30.6 Å². The van der Waals surface area contributed by atoms with E-state index in [0.29, 0.717) is 0 Å². The van der Waals surface area contributed by atoms with Crippen LogP contribution in [0.3, 0.4) is 0 Å². The zero-order chi connectivity index (χ0) is 13.8. The van der Waals surface area contributed by atoms with Crippen LogP contribution in [-0.4, -0.2) is 23.7 Å². The van der Waals surface area contributed by atoms with Crippen molar-refractivity contribution in [2.75, 3.05) is 14.2 Å². The van der Waals surface area contributed by atoms with Crippen LogP contribution in [0.1, 0.15) is 23.0 Å². The fraction of sp³-hybridized carbons (Fsp3) is 0.400. The minimum absolute atomic E-state index is 0.262. The normalized spacial score (nSPS) is 12.4. The van der Waals surface area contributed by atoms with Crippen LogP contribution in [0.4, 0.5) is 0 Å². The second-order valence-corrected chi connectivity index (χ2v) is 4.68. The van der Waals surface area contributed by atoms with Gasteiger partial charge >= 0.3 is 0 Å². The molecule has 1 N–H and O–H groups in total. The van der Waals surface area contributed by atoms with Gasteiger partial charge in [-0.25, -0.2) is 4.98 Å². The third-order valence-corrected chi connectivity index (χ3v) is 3.59. The molecule has 1 unspecified atom stereocenters. The van der Waals surface area contributed by atoms with E-state index in [1.54, 1.807) is 7.11 Å². The standard InChI is InChI=1S/C15H21N3O/c1-11-12(2)18(10-17-11)9-15(16-3)13-5-7-14(19-4)8-6-13/h5-8,10,15-16H,9H2,1-4H3. The van der Waals surface area contributed by atoms with Crippen LogP contribution in [0.25, 0.3) is 0 Å². The molecule has 1 atom stereocenters. The van der Waals surface area contributed by atoms with Gasteiger partial charge in [0.05, 0.1) is 19.1 Å². The van der Waals surface area contributed by atoms with Gasteiger partial charge in [-0.3, -0.25) is 0 Å². The molecular weight excluding hydrogens is 238 g/mol. The van der Waals surface area contributed by atoms with Gasteiger partial charge in [0.25, 0.3) is 0 Å². The molecule has 4 heteroatoms. The van der Waals surface area contributed by atoms with Crippen molar-refractivity contribution in [3.63, 3.8) is 0 Å². The fourth-order valence-electron chi connectivity index (χ4n) is 2.12. The SMILES string of the molecule is CNC(Cn1cnc(C)c1C)c1ccc(OC)cc1. The molecule has 0 spiro atoms. The lowest BCUT2D eigenvalue weighted by Crippen LogP contribution is -2.22. The molecule has 0 bridgehead atoms. The summed E-state index contributed by atoms with van der Waals surface area (Å²) in [6.45, 7) is 5.01. The highest BCUT2D eigenvalue weighted by Gasteiger charge is 2.12. The first-order valence-corrected chi connectivity index (χ1v) is 6.45. The molecule has 0 aliphatic heterocycles. The molecule has 1 aromatic heterocycles. The maximum atomic E-state index is 5.19. The van der Waals surface area contributed by atoms with Crippen LogP contribution in [0, 0.1) is 13.8 Å². The van der Waals surface area contributed by atoms with E-state index in [0.717, 1.165) is 18.0 Å². The first-order valence-electron chi connectivity index (χ1n) is 6.45. The van der Waals surface area contributed by atoms with E-state index in [9.17, 15) is 0 Å². The van der Waals surface area contributed by atoms with E-state index >= 15 is 0 Å². The number of ether oxygens (including phenoxy) is 1. The number of likely N-dealkylation sites (N-methyl/N-ethyl adjacent to an activating group) is 1. The minimum atomic E-state index is 0.262. The van der Waals surface area contributed by atoms with Crippen LogP contribution in [-0.2, 0) is 6.54 Å². The Bertz CT molecular complexity index is 531. The number of imidazole rings is 1. The van der Waals surface area contributed by atoms with E-state index in [4.69, 9.17) is 4.74 Å². The third-order valence-electron chi connectivity index (χ3n) is 3.59. The van der Waals surface area contributed by atoms with Gasteiger partial charge in [0.15, 0.2) is 0 Å². The average molecular weight is 259 g/mol. The number of nitrogens with zero attached hydrogens (tertiary/aromatic N) is 2. The molecule has 0 aliphatic rings. The fourth-order valence-corrected chi connectivity index (χ4v) is 2.12. The molecule has 0 amide bonds. The summed E-state index contributed by atoms with van der Waals surface area (Å²) in [6.07, 6.45) is 1.90. The lowest BCUT2D eigenvalue weighted by Gasteiger charge is -2.18. The molecule has 0 radical (unpaired) electrons. The van der Waals surface area contributed by atoms with Crippen molar-refractivity contribution < 1.29 is 4.74 Å². The van der Waals surface area contributed by atoms with Gasteiger partial charge in [-0.15, -0.1) is 0 Å². The monoisotopic (exact) mass is 259 g/mol. The molecule has 1 heterocycles. The Balaban J connectivity index is 2.17. The largest absolute Gasteiger partial charge is 0.497 e. The molecule has 2 rings (SSSR count). The van der Waals surface area contributed by atoms with Crippen LogP contribution >= 0.6 is 0 Å². The highest BCUT2D eigenvalue weighted by atomic mass is 16.5. The number of rotatable bonds is 5. The molecule has 0 fully saturated rings. The second-order valence-electron chi connectivity index (χ2n) is 4.68. The van der Waals surface area contributed by atoms with Gasteiger partial charge in [-0.1, -0.05) is 12.1 Å². The van der Waals surface area contributed by atoms with Gasteiger partial charge in [-0.2, -0.15) is 0 Å². The third kappa shape index (κ3) is 2.96. The van der Waals surface area contributed by atoms with Gasteiger partial charge in [-0.05, 0) is 38.6 Å². The van der Waals surface area contributed by atoms with E-state index in [1.165, 1.54) is 11.3 Å². The van der Waals surface area contributed by atoms with Gasteiger partial charge in [0.2, 0.25) is 0 Å². The predicted molar refractivity (Wildman–Crippen MR) is 76.5 cm³/mol. The van der Waals surface area contributed by atoms with Crippen molar-refractivity contribution in [3.05, 3.63) is 47.5 Å². The quantitative estimate of drug-likeness (QED) is 0.896. The maximum absolute atomic E-state index is 5.19. The summed E-state index contributed by atoms with van der Waals surface area (Å²) >= 11 is 0. The highest BCUT2D eigenvalue weighted by Crippen LogP contribution is 2.20. The Morgan fingerprint density at radius 3 is 2.42 bits per heavy atom. The zero-order valence-corrected chi connectivity index (χ0v) is 12.0. The Hall–Kier alpha value is -1.81. The molecule has 19 heavy (non-hydrogen) atoms.